The van der Waals surface area contributed by atoms with Crippen molar-refractivity contribution in [2.24, 2.45) is 0 Å². The van der Waals surface area contributed by atoms with Crippen LogP contribution in [0.2, 0.25) is 0 Å². The Bertz CT molecular complexity index is 1380. The molecule has 0 unspecified atom stereocenters. The van der Waals surface area contributed by atoms with E-state index in [9.17, 15) is 13.2 Å². The molecule has 144 valence electrons. The maximum absolute atomic E-state index is 12.7. The number of aromatic nitrogens is 2. The van der Waals surface area contributed by atoms with Gasteiger partial charge in [-0.3, -0.25) is 4.79 Å². The summed E-state index contributed by atoms with van der Waals surface area (Å²) in [5.74, 6) is 0. The zero-order chi connectivity index (χ0) is 20.1. The highest BCUT2D eigenvalue weighted by atomic mass is 32.2. The molecule has 0 bridgehead atoms. The van der Waals surface area contributed by atoms with Gasteiger partial charge in [0.25, 0.3) is 5.56 Å². The van der Waals surface area contributed by atoms with Crippen LogP contribution >= 0.6 is 0 Å². The number of hydrogen-bond acceptors (Lipinski definition) is 3. The van der Waals surface area contributed by atoms with Crippen molar-refractivity contribution in [3.63, 3.8) is 0 Å². The standard InChI is InChI=1S/C22H22N2O3S/c1-4-6-14-9-10-18-17(11-14)20-21(23-18)19(13(2)22(25)24-20)15-7-5-8-16(12-15)28(3,26)27/h5,7-12,23H,4,6H2,1-3H3,(H,24,25). The monoisotopic (exact) mass is 394 g/mol. The van der Waals surface area contributed by atoms with Crippen LogP contribution in [0.5, 0.6) is 0 Å². The van der Waals surface area contributed by atoms with Gasteiger partial charge >= 0.3 is 0 Å². The fourth-order valence-electron chi connectivity index (χ4n) is 3.75. The lowest BCUT2D eigenvalue weighted by atomic mass is 10.00. The second-order valence-corrected chi connectivity index (χ2v) is 9.27. The van der Waals surface area contributed by atoms with E-state index in [-0.39, 0.29) is 10.5 Å². The largest absolute Gasteiger partial charge is 0.353 e. The fraction of sp³-hybridized carbons (Fsp3) is 0.227. The number of pyridine rings is 1. The van der Waals surface area contributed by atoms with Crippen molar-refractivity contribution in [3.05, 3.63) is 63.9 Å². The summed E-state index contributed by atoms with van der Waals surface area (Å²) in [5, 5.41) is 0.971. The average Bonchev–Trinajstić information content (AvgIpc) is 3.00. The Morgan fingerprint density at radius 1 is 1.00 bits per heavy atom. The Kier molecular flexibility index (Phi) is 4.38. The molecule has 0 saturated carbocycles. The second kappa shape index (κ2) is 6.63. The topological polar surface area (TPSA) is 82.8 Å². The quantitative estimate of drug-likeness (QED) is 0.540. The van der Waals surface area contributed by atoms with Crippen molar-refractivity contribution in [2.45, 2.75) is 31.6 Å². The average molecular weight is 394 g/mol. The molecule has 6 heteroatoms. The first-order valence-electron chi connectivity index (χ1n) is 9.27. The van der Waals surface area contributed by atoms with Gasteiger partial charge < -0.3 is 9.97 Å². The first kappa shape index (κ1) is 18.5. The number of aromatic amines is 2. The molecule has 0 aliphatic rings. The Morgan fingerprint density at radius 3 is 2.50 bits per heavy atom. The molecular weight excluding hydrogens is 372 g/mol. The summed E-state index contributed by atoms with van der Waals surface area (Å²) in [6.45, 7) is 3.90. The number of rotatable bonds is 4. The Hall–Kier alpha value is -2.86. The van der Waals surface area contributed by atoms with Gasteiger partial charge in [0.1, 0.15) is 0 Å². The summed E-state index contributed by atoms with van der Waals surface area (Å²) < 4.78 is 24.0. The highest BCUT2D eigenvalue weighted by Crippen LogP contribution is 2.34. The number of nitrogens with one attached hydrogen (secondary N) is 2. The molecule has 4 aromatic rings. The molecule has 2 heterocycles. The van der Waals surface area contributed by atoms with Crippen LogP contribution in [-0.2, 0) is 16.3 Å². The van der Waals surface area contributed by atoms with Gasteiger partial charge in [0, 0.05) is 28.3 Å². The van der Waals surface area contributed by atoms with E-state index in [2.05, 4.69) is 29.0 Å². The lowest BCUT2D eigenvalue weighted by Crippen LogP contribution is -2.11. The minimum absolute atomic E-state index is 0.172. The van der Waals surface area contributed by atoms with Crippen LogP contribution in [0.1, 0.15) is 24.5 Å². The molecule has 0 aliphatic heterocycles. The van der Waals surface area contributed by atoms with E-state index in [1.165, 1.54) is 11.8 Å². The normalized spacial score (nSPS) is 12.1. The molecule has 0 amide bonds. The molecular formula is C22H22N2O3S. The number of H-pyrrole nitrogens is 2. The molecule has 0 aliphatic carbocycles. The molecule has 2 N–H and O–H groups in total. The fourth-order valence-corrected chi connectivity index (χ4v) is 4.42. The zero-order valence-electron chi connectivity index (χ0n) is 16.1. The minimum Gasteiger partial charge on any atom is -0.353 e. The molecule has 0 radical (unpaired) electrons. The van der Waals surface area contributed by atoms with Crippen LogP contribution in [0.15, 0.2) is 52.2 Å². The van der Waals surface area contributed by atoms with Crippen LogP contribution in [0.3, 0.4) is 0 Å². The minimum atomic E-state index is -3.34. The van der Waals surface area contributed by atoms with Gasteiger partial charge in [-0.1, -0.05) is 31.5 Å². The Morgan fingerprint density at radius 2 is 1.79 bits per heavy atom. The Balaban J connectivity index is 2.07. The van der Waals surface area contributed by atoms with Crippen LogP contribution < -0.4 is 5.56 Å². The van der Waals surface area contributed by atoms with Crippen molar-refractivity contribution in [1.82, 2.24) is 9.97 Å². The van der Waals surface area contributed by atoms with E-state index < -0.39 is 9.84 Å². The van der Waals surface area contributed by atoms with Crippen LogP contribution in [0.25, 0.3) is 33.1 Å². The summed E-state index contributed by atoms with van der Waals surface area (Å²) >= 11 is 0. The van der Waals surface area contributed by atoms with Crippen molar-refractivity contribution >= 4 is 31.8 Å². The van der Waals surface area contributed by atoms with Crippen LogP contribution in [-0.4, -0.2) is 24.6 Å². The molecule has 0 saturated heterocycles. The van der Waals surface area contributed by atoms with Gasteiger partial charge in [-0.05, 0) is 48.7 Å². The number of aryl methyl sites for hydroxylation is 1. The molecule has 0 spiro atoms. The van der Waals surface area contributed by atoms with E-state index in [1.54, 1.807) is 25.1 Å². The lowest BCUT2D eigenvalue weighted by Gasteiger charge is -2.09. The first-order valence-corrected chi connectivity index (χ1v) is 11.2. The predicted octanol–water partition coefficient (Wildman–Crippen LogP) is 4.34. The van der Waals surface area contributed by atoms with Gasteiger partial charge in [0.05, 0.1) is 15.9 Å². The van der Waals surface area contributed by atoms with Gasteiger partial charge in [-0.25, -0.2) is 8.42 Å². The third-order valence-corrected chi connectivity index (χ3v) is 6.27. The van der Waals surface area contributed by atoms with E-state index in [1.807, 2.05) is 12.1 Å². The van der Waals surface area contributed by atoms with E-state index >= 15 is 0 Å². The van der Waals surface area contributed by atoms with E-state index in [0.29, 0.717) is 11.1 Å². The number of benzene rings is 2. The predicted molar refractivity (Wildman–Crippen MR) is 114 cm³/mol. The van der Waals surface area contributed by atoms with Crippen molar-refractivity contribution in [1.29, 1.82) is 0 Å². The summed E-state index contributed by atoms with van der Waals surface area (Å²) in [4.78, 5) is 19.3. The molecule has 2 aromatic heterocycles. The number of fused-ring (bicyclic) bond motifs is 3. The first-order chi connectivity index (χ1) is 13.3. The van der Waals surface area contributed by atoms with Gasteiger partial charge in [-0.2, -0.15) is 0 Å². The molecule has 0 atom stereocenters. The molecule has 4 rings (SSSR count). The molecule has 5 nitrogen and oxygen atoms in total. The summed E-state index contributed by atoms with van der Waals surface area (Å²) in [7, 11) is -3.34. The SMILES string of the molecule is CCCc1ccc2[nH]c3c(-c4cccc(S(C)(=O)=O)c4)c(C)c(=O)[nH]c3c2c1. The van der Waals surface area contributed by atoms with Crippen LogP contribution in [0.4, 0.5) is 0 Å². The maximum Gasteiger partial charge on any atom is 0.252 e. The third kappa shape index (κ3) is 3.03. The molecule has 2 aromatic carbocycles. The maximum atomic E-state index is 12.7. The number of hydrogen-bond donors (Lipinski definition) is 2. The van der Waals surface area contributed by atoms with Gasteiger partial charge in [0.2, 0.25) is 0 Å². The molecule has 28 heavy (non-hydrogen) atoms. The second-order valence-electron chi connectivity index (χ2n) is 7.26. The van der Waals surface area contributed by atoms with Crippen molar-refractivity contribution in [2.75, 3.05) is 6.26 Å². The van der Waals surface area contributed by atoms with Crippen molar-refractivity contribution in [3.8, 4) is 11.1 Å². The summed E-state index contributed by atoms with van der Waals surface area (Å²) in [6.07, 6.45) is 3.21. The Labute approximate surface area is 163 Å². The third-order valence-electron chi connectivity index (χ3n) is 5.16. The molecule has 0 fully saturated rings. The highest BCUT2D eigenvalue weighted by molar-refractivity contribution is 7.90. The summed E-state index contributed by atoms with van der Waals surface area (Å²) in [5.41, 5.74) is 5.55. The zero-order valence-corrected chi connectivity index (χ0v) is 16.9. The summed E-state index contributed by atoms with van der Waals surface area (Å²) in [6, 6.07) is 13.0. The van der Waals surface area contributed by atoms with Crippen molar-refractivity contribution < 1.29 is 8.42 Å². The lowest BCUT2D eigenvalue weighted by molar-refractivity contribution is 0.602. The highest BCUT2D eigenvalue weighted by Gasteiger charge is 2.17. The van der Waals surface area contributed by atoms with Crippen LogP contribution in [0, 0.1) is 6.92 Å². The van der Waals surface area contributed by atoms with Gasteiger partial charge in [0.15, 0.2) is 9.84 Å². The van der Waals surface area contributed by atoms with E-state index in [0.717, 1.165) is 40.3 Å². The van der Waals surface area contributed by atoms with Gasteiger partial charge in [-0.15, -0.1) is 0 Å². The van der Waals surface area contributed by atoms with E-state index in [4.69, 9.17) is 0 Å². The smallest absolute Gasteiger partial charge is 0.252 e. The number of sulfone groups is 1.